The Bertz CT molecular complexity index is 1510. The van der Waals surface area contributed by atoms with Crippen LogP contribution in [0.5, 0.6) is 0 Å². The van der Waals surface area contributed by atoms with E-state index in [2.05, 4.69) is 34.6 Å². The van der Waals surface area contributed by atoms with Gasteiger partial charge in [0, 0.05) is 19.8 Å². The molecule has 0 aromatic heterocycles. The van der Waals surface area contributed by atoms with Crippen LogP contribution in [0.4, 0.5) is 0 Å². The molecule has 5 N–H and O–H groups in total. The Hall–Kier alpha value is -1.24. The number of esters is 2. The zero-order valence-corrected chi connectivity index (χ0v) is 34.0. The highest BCUT2D eigenvalue weighted by Gasteiger charge is 2.66. The van der Waals surface area contributed by atoms with E-state index in [4.69, 9.17) is 27.4 Å². The molecule has 1 heterocycles. The average molecular weight is 813 g/mol. The summed E-state index contributed by atoms with van der Waals surface area (Å²) in [7, 11) is -10.00. The summed E-state index contributed by atoms with van der Waals surface area (Å²) in [5.74, 6) is -0.746. The van der Waals surface area contributed by atoms with E-state index >= 15 is 0 Å². The van der Waals surface area contributed by atoms with Crippen molar-refractivity contribution in [2.24, 2.45) is 52.3 Å². The van der Waals surface area contributed by atoms with E-state index in [0.29, 0.717) is 25.2 Å². The largest absolute Gasteiger partial charge is 0.474 e. The quantitative estimate of drug-likeness (QED) is 0.0990. The van der Waals surface area contributed by atoms with Gasteiger partial charge in [-0.15, -0.1) is 0 Å². The number of phosphoric ester groups is 1. The molecule has 4 saturated carbocycles. The summed E-state index contributed by atoms with van der Waals surface area (Å²) in [5.41, 5.74) is -0.757. The van der Waals surface area contributed by atoms with E-state index in [1.807, 2.05) is 0 Å². The highest BCUT2D eigenvalue weighted by Crippen LogP contribution is 2.70. The van der Waals surface area contributed by atoms with Crippen LogP contribution < -0.4 is 0 Å². The molecule has 312 valence electrons. The molecule has 17 atom stereocenters. The number of ether oxygens (including phenoxy) is 3. The van der Waals surface area contributed by atoms with Gasteiger partial charge in [0.25, 0.3) is 0 Å². The summed E-state index contributed by atoms with van der Waals surface area (Å²) in [6.45, 7) is 13.5. The third-order valence-corrected chi connectivity index (χ3v) is 15.2. The number of rotatable bonds is 13. The van der Waals surface area contributed by atoms with Gasteiger partial charge >= 0.3 is 30.2 Å². The van der Waals surface area contributed by atoms with Crippen LogP contribution >= 0.6 is 7.82 Å². The van der Waals surface area contributed by atoms with Crippen LogP contribution in [0.15, 0.2) is 0 Å². The summed E-state index contributed by atoms with van der Waals surface area (Å²) >= 11 is 0. The summed E-state index contributed by atoms with van der Waals surface area (Å²) in [6, 6.07) is 0. The minimum atomic E-state index is -5.20. The molecule has 0 spiro atoms. The van der Waals surface area contributed by atoms with E-state index in [9.17, 15) is 47.3 Å². The molecular weight excluding hydrogens is 751 g/mol. The number of carbonyl (C=O) groups is 2. The third kappa shape index (κ3) is 9.38. The van der Waals surface area contributed by atoms with Crippen LogP contribution in [0.1, 0.15) is 113 Å². The van der Waals surface area contributed by atoms with Gasteiger partial charge in [0.2, 0.25) is 12.6 Å². The Morgan fingerprint density at radius 3 is 2.06 bits per heavy atom. The molecule has 0 aromatic rings. The molecule has 54 heavy (non-hydrogen) atoms. The van der Waals surface area contributed by atoms with Crippen LogP contribution in [-0.2, 0) is 52.0 Å². The van der Waals surface area contributed by atoms with E-state index in [-0.39, 0.29) is 59.9 Å². The maximum absolute atomic E-state index is 13.9. The lowest BCUT2D eigenvalue weighted by atomic mass is 9.43. The van der Waals surface area contributed by atoms with Gasteiger partial charge in [-0.05, 0) is 91.3 Å². The number of aliphatic hydroxyl groups excluding tert-OH is 3. The van der Waals surface area contributed by atoms with Crippen molar-refractivity contribution in [3.8, 4) is 0 Å². The standard InChI is InChI=1S/C36H61O16PS/c1-18(2)9-8-10-19(3)29-28(47-20(4)37)17-25-23-16-27(50-53(42,43)51-34-32(41)30(39)31(40)33(49-34)48-21(5)38)26-15-22(52-54(44,45)46)11-13-35(26,6)24(23)12-14-36(25,29)7/h18-19,22-34,39-41H,8-17H2,1-7H3,(H,42,43)(H,44,45,46)/t19-,22+,23?,24?,25?,26?,27+,28+,29+,30+,31+,32-,33+,34+,35-,36+/m1/s1. The molecule has 1 aliphatic heterocycles. The number of aliphatic hydroxyl groups is 3. The highest BCUT2D eigenvalue weighted by molar-refractivity contribution is 7.80. The average Bonchev–Trinajstić information content (AvgIpc) is 3.32. The lowest BCUT2D eigenvalue weighted by Crippen LogP contribution is -2.59. The zero-order valence-electron chi connectivity index (χ0n) is 32.3. The molecule has 0 bridgehead atoms. The van der Waals surface area contributed by atoms with Crippen molar-refractivity contribution in [1.82, 2.24) is 0 Å². The molecule has 5 aliphatic rings. The molecule has 5 fully saturated rings. The third-order valence-electron chi connectivity index (χ3n) is 13.6. The Kier molecular flexibility index (Phi) is 13.4. The minimum Gasteiger partial charge on any atom is -0.462 e. The predicted molar refractivity (Wildman–Crippen MR) is 190 cm³/mol. The molecule has 5 rings (SSSR count). The van der Waals surface area contributed by atoms with Crippen LogP contribution in [-0.4, -0.2) is 94.3 Å². The fourth-order valence-corrected chi connectivity index (χ4v) is 13.1. The highest BCUT2D eigenvalue weighted by atomic mass is 32.3. The Labute approximate surface area is 318 Å². The fourth-order valence-electron chi connectivity index (χ4n) is 11.5. The first-order chi connectivity index (χ1) is 25.0. The fraction of sp³-hybridized carbons (Fsp3) is 0.944. The van der Waals surface area contributed by atoms with Crippen molar-refractivity contribution in [2.45, 2.75) is 162 Å². The SMILES string of the molecule is CC(=O)O[C@H]1O[C@@H](OP(=O)(O)O[C@H]2CC3C(CC[C@@]4(C)C3C[C@H](OC(C)=O)[C@@H]4[C@H](C)CCCC(C)C)[C@@]3(C)CC[C@H](OS(=O)(=O)O)CC23)[C@H](O)[C@@H](O)[C@@H]1O. The van der Waals surface area contributed by atoms with Crippen molar-refractivity contribution >= 4 is 30.2 Å². The number of phosphoric acid groups is 1. The lowest BCUT2D eigenvalue weighted by Gasteiger charge is -2.62. The first-order valence-electron chi connectivity index (χ1n) is 19.3. The van der Waals surface area contributed by atoms with Gasteiger partial charge in [-0.1, -0.05) is 53.9 Å². The molecule has 5 unspecified atom stereocenters. The molecule has 0 amide bonds. The Morgan fingerprint density at radius 1 is 0.815 bits per heavy atom. The summed E-state index contributed by atoms with van der Waals surface area (Å²) < 4.78 is 79.5. The normalized spacial score (nSPS) is 44.0. The monoisotopic (exact) mass is 812 g/mol. The smallest absolute Gasteiger partial charge is 0.462 e. The lowest BCUT2D eigenvalue weighted by molar-refractivity contribution is -0.327. The number of fused-ring (bicyclic) bond motifs is 5. The van der Waals surface area contributed by atoms with Crippen molar-refractivity contribution in [3.05, 3.63) is 0 Å². The van der Waals surface area contributed by atoms with Crippen molar-refractivity contribution in [3.63, 3.8) is 0 Å². The number of hydrogen-bond acceptors (Lipinski definition) is 14. The van der Waals surface area contributed by atoms with Crippen LogP contribution in [0.25, 0.3) is 0 Å². The molecule has 0 radical (unpaired) electrons. The minimum absolute atomic E-state index is 0.0532. The van der Waals surface area contributed by atoms with E-state index in [1.54, 1.807) is 0 Å². The van der Waals surface area contributed by atoms with Gasteiger partial charge in [0.15, 0.2) is 0 Å². The van der Waals surface area contributed by atoms with Gasteiger partial charge < -0.3 is 34.4 Å². The second-order valence-electron chi connectivity index (χ2n) is 17.6. The molecular formula is C36H61O16PS. The molecule has 18 heteroatoms. The van der Waals surface area contributed by atoms with Gasteiger partial charge in [-0.2, -0.15) is 8.42 Å². The van der Waals surface area contributed by atoms with Gasteiger partial charge in [0.05, 0.1) is 12.2 Å². The van der Waals surface area contributed by atoms with E-state index < -0.39 is 78.6 Å². The van der Waals surface area contributed by atoms with Crippen molar-refractivity contribution in [1.29, 1.82) is 0 Å². The molecule has 4 aliphatic carbocycles. The second-order valence-corrected chi connectivity index (χ2v) is 20.0. The Morgan fingerprint density at radius 2 is 1.44 bits per heavy atom. The van der Waals surface area contributed by atoms with Gasteiger partial charge in [0.1, 0.15) is 24.4 Å². The molecule has 16 nitrogen and oxygen atoms in total. The predicted octanol–water partition coefficient (Wildman–Crippen LogP) is 4.28. The van der Waals surface area contributed by atoms with Crippen LogP contribution in [0.3, 0.4) is 0 Å². The van der Waals surface area contributed by atoms with Crippen molar-refractivity contribution < 1.29 is 74.8 Å². The topological polar surface area (TPSA) is 242 Å². The van der Waals surface area contributed by atoms with Gasteiger partial charge in [-0.3, -0.25) is 23.2 Å². The first-order valence-corrected chi connectivity index (χ1v) is 22.2. The number of carbonyl (C=O) groups excluding carboxylic acids is 2. The van der Waals surface area contributed by atoms with Gasteiger partial charge in [-0.25, -0.2) is 8.75 Å². The van der Waals surface area contributed by atoms with E-state index in [0.717, 1.165) is 39.0 Å². The molecule has 1 saturated heterocycles. The van der Waals surface area contributed by atoms with E-state index in [1.165, 1.54) is 6.92 Å². The zero-order chi connectivity index (χ0) is 40.1. The first kappa shape index (κ1) is 43.9. The van der Waals surface area contributed by atoms with Crippen molar-refractivity contribution in [2.75, 3.05) is 0 Å². The van der Waals surface area contributed by atoms with Crippen LogP contribution in [0.2, 0.25) is 0 Å². The molecule has 0 aromatic carbocycles. The summed E-state index contributed by atoms with van der Waals surface area (Å²) in [4.78, 5) is 35.3. The Balaban J connectivity index is 1.46. The maximum Gasteiger partial charge on any atom is 0.474 e. The maximum atomic E-state index is 13.9. The van der Waals surface area contributed by atoms with Crippen LogP contribution in [0, 0.1) is 52.3 Å². The summed E-state index contributed by atoms with van der Waals surface area (Å²) in [5, 5.41) is 31.3. The second kappa shape index (κ2) is 16.6. The number of hydrogen-bond donors (Lipinski definition) is 5. The summed E-state index contributed by atoms with van der Waals surface area (Å²) in [6.07, 6.45) is -5.42.